The molecule has 2 fully saturated rings. The van der Waals surface area contributed by atoms with Gasteiger partial charge in [-0.1, -0.05) is 0 Å². The predicted octanol–water partition coefficient (Wildman–Crippen LogP) is 0.165. The van der Waals surface area contributed by atoms with Gasteiger partial charge in [-0.05, 0) is 32.4 Å². The van der Waals surface area contributed by atoms with Crippen molar-refractivity contribution in [3.63, 3.8) is 0 Å². The van der Waals surface area contributed by atoms with E-state index in [0.29, 0.717) is 6.61 Å². The molecule has 0 amide bonds. The molecule has 2 rings (SSSR count). The van der Waals surface area contributed by atoms with Crippen LogP contribution in [0.2, 0.25) is 0 Å². The van der Waals surface area contributed by atoms with Crippen LogP contribution in [0.15, 0.2) is 0 Å². The summed E-state index contributed by atoms with van der Waals surface area (Å²) in [5, 5.41) is 8.99. The van der Waals surface area contributed by atoms with Crippen LogP contribution in [-0.2, 0) is 4.74 Å². The second-order valence-electron chi connectivity index (χ2n) is 4.80. The van der Waals surface area contributed by atoms with E-state index in [9.17, 15) is 0 Å². The lowest BCUT2D eigenvalue weighted by atomic mass is 10.3. The number of nitrogens with zero attached hydrogens (tertiary/aromatic N) is 2. The highest BCUT2D eigenvalue weighted by Crippen LogP contribution is 2.26. The maximum Gasteiger partial charge on any atom is 0.0594 e. The zero-order valence-corrected chi connectivity index (χ0v) is 10.1. The molecular formula is C12H24N2O2. The first-order valence-electron chi connectivity index (χ1n) is 6.55. The normalized spacial score (nSPS) is 22.9. The maximum absolute atomic E-state index is 8.99. The predicted molar refractivity (Wildman–Crippen MR) is 63.6 cm³/mol. The average Bonchev–Trinajstić information content (AvgIpc) is 3.13. The molecule has 1 aliphatic carbocycles. The molecule has 0 aromatic carbocycles. The van der Waals surface area contributed by atoms with E-state index in [1.807, 2.05) is 0 Å². The zero-order valence-electron chi connectivity index (χ0n) is 10.1. The summed E-state index contributed by atoms with van der Waals surface area (Å²) in [4.78, 5) is 4.92. The molecule has 2 aliphatic rings. The number of hydrogen-bond acceptors (Lipinski definition) is 4. The van der Waals surface area contributed by atoms with E-state index in [0.717, 1.165) is 45.4 Å². The third kappa shape index (κ3) is 4.01. The van der Waals surface area contributed by atoms with Gasteiger partial charge in [0.1, 0.15) is 0 Å². The Hall–Kier alpha value is -0.160. The minimum atomic E-state index is 0.300. The van der Waals surface area contributed by atoms with E-state index in [4.69, 9.17) is 9.84 Å². The van der Waals surface area contributed by atoms with Gasteiger partial charge in [-0.3, -0.25) is 9.80 Å². The fourth-order valence-corrected chi connectivity index (χ4v) is 2.37. The van der Waals surface area contributed by atoms with Crippen molar-refractivity contribution in [1.82, 2.24) is 9.80 Å². The van der Waals surface area contributed by atoms with Crippen LogP contribution < -0.4 is 0 Å². The molecule has 4 nitrogen and oxygen atoms in total. The molecule has 0 bridgehead atoms. The number of aliphatic hydroxyl groups is 1. The largest absolute Gasteiger partial charge is 0.395 e. The molecule has 0 unspecified atom stereocenters. The van der Waals surface area contributed by atoms with E-state index < -0.39 is 0 Å². The maximum atomic E-state index is 8.99. The van der Waals surface area contributed by atoms with Crippen molar-refractivity contribution in [2.24, 2.45) is 0 Å². The summed E-state index contributed by atoms with van der Waals surface area (Å²) in [5.74, 6) is 0. The van der Waals surface area contributed by atoms with E-state index in [1.165, 1.54) is 25.8 Å². The quantitative estimate of drug-likeness (QED) is 0.673. The number of ether oxygens (including phenoxy) is 1. The highest BCUT2D eigenvalue weighted by atomic mass is 16.5. The lowest BCUT2D eigenvalue weighted by Gasteiger charge is -2.28. The Bertz CT molecular complexity index is 191. The Morgan fingerprint density at radius 1 is 1.19 bits per heavy atom. The van der Waals surface area contributed by atoms with Crippen molar-refractivity contribution >= 4 is 0 Å². The van der Waals surface area contributed by atoms with Gasteiger partial charge in [0.15, 0.2) is 0 Å². The monoisotopic (exact) mass is 228 g/mol. The van der Waals surface area contributed by atoms with Gasteiger partial charge in [0, 0.05) is 25.7 Å². The smallest absolute Gasteiger partial charge is 0.0594 e. The van der Waals surface area contributed by atoms with E-state index in [2.05, 4.69) is 9.80 Å². The van der Waals surface area contributed by atoms with Crippen molar-refractivity contribution in [2.75, 3.05) is 52.5 Å². The van der Waals surface area contributed by atoms with Crippen LogP contribution >= 0.6 is 0 Å². The summed E-state index contributed by atoms with van der Waals surface area (Å²) in [6, 6.07) is 0.775. The minimum absolute atomic E-state index is 0.300. The summed E-state index contributed by atoms with van der Waals surface area (Å²) < 4.78 is 5.33. The summed E-state index contributed by atoms with van der Waals surface area (Å²) in [6.07, 6.45) is 3.88. The molecular weight excluding hydrogens is 204 g/mol. The number of aliphatic hydroxyl groups excluding tert-OH is 1. The second-order valence-corrected chi connectivity index (χ2v) is 4.80. The summed E-state index contributed by atoms with van der Waals surface area (Å²) in [5.41, 5.74) is 0. The van der Waals surface area contributed by atoms with Crippen LogP contribution in [0.25, 0.3) is 0 Å². The molecule has 1 N–H and O–H groups in total. The van der Waals surface area contributed by atoms with E-state index >= 15 is 0 Å². The van der Waals surface area contributed by atoms with Crippen LogP contribution in [0, 0.1) is 0 Å². The summed E-state index contributed by atoms with van der Waals surface area (Å²) in [7, 11) is 0. The van der Waals surface area contributed by atoms with Gasteiger partial charge in [0.25, 0.3) is 0 Å². The van der Waals surface area contributed by atoms with Gasteiger partial charge in [0.2, 0.25) is 0 Å². The number of morpholine rings is 1. The molecule has 4 heteroatoms. The van der Waals surface area contributed by atoms with Gasteiger partial charge in [0.05, 0.1) is 19.8 Å². The van der Waals surface area contributed by atoms with Crippen molar-refractivity contribution in [1.29, 1.82) is 0 Å². The Labute approximate surface area is 98.2 Å². The molecule has 1 aliphatic heterocycles. The molecule has 94 valence electrons. The third-order valence-electron chi connectivity index (χ3n) is 3.47. The average molecular weight is 228 g/mol. The van der Waals surface area contributed by atoms with Gasteiger partial charge < -0.3 is 9.84 Å². The van der Waals surface area contributed by atoms with Crippen molar-refractivity contribution in [3.8, 4) is 0 Å². The van der Waals surface area contributed by atoms with Crippen LogP contribution in [0.3, 0.4) is 0 Å². The van der Waals surface area contributed by atoms with Crippen molar-refractivity contribution in [2.45, 2.75) is 25.3 Å². The Kier molecular flexibility index (Phi) is 5.03. The van der Waals surface area contributed by atoms with E-state index in [-0.39, 0.29) is 0 Å². The summed E-state index contributed by atoms with van der Waals surface area (Å²) >= 11 is 0. The lowest BCUT2D eigenvalue weighted by molar-refractivity contribution is 0.0357. The topological polar surface area (TPSA) is 35.9 Å². The SMILES string of the molecule is OCCN(CCCN1CCOCC1)C1CC1. The number of rotatable bonds is 7. The highest BCUT2D eigenvalue weighted by molar-refractivity contribution is 4.84. The fourth-order valence-electron chi connectivity index (χ4n) is 2.37. The first kappa shape index (κ1) is 12.3. The second kappa shape index (κ2) is 6.55. The molecule has 0 radical (unpaired) electrons. The van der Waals surface area contributed by atoms with Crippen LogP contribution in [0.1, 0.15) is 19.3 Å². The number of hydrogen-bond donors (Lipinski definition) is 1. The lowest BCUT2D eigenvalue weighted by Crippen LogP contribution is -2.38. The Morgan fingerprint density at radius 3 is 2.56 bits per heavy atom. The highest BCUT2D eigenvalue weighted by Gasteiger charge is 2.27. The molecule has 1 saturated heterocycles. The fraction of sp³-hybridized carbons (Fsp3) is 1.00. The molecule has 1 heterocycles. The first-order chi connectivity index (χ1) is 7.90. The van der Waals surface area contributed by atoms with Gasteiger partial charge in [-0.25, -0.2) is 0 Å². The van der Waals surface area contributed by atoms with Crippen LogP contribution in [0.5, 0.6) is 0 Å². The molecule has 1 saturated carbocycles. The standard InChI is InChI=1S/C12H24N2O2/c15-9-6-14(12-2-3-12)5-1-4-13-7-10-16-11-8-13/h12,15H,1-11H2. The minimum Gasteiger partial charge on any atom is -0.395 e. The summed E-state index contributed by atoms with van der Waals surface area (Å²) in [6.45, 7) is 7.43. The van der Waals surface area contributed by atoms with Gasteiger partial charge in [-0.2, -0.15) is 0 Å². The molecule has 16 heavy (non-hydrogen) atoms. The zero-order chi connectivity index (χ0) is 11.2. The van der Waals surface area contributed by atoms with Crippen molar-refractivity contribution in [3.05, 3.63) is 0 Å². The molecule has 0 spiro atoms. The molecule has 0 aromatic rings. The van der Waals surface area contributed by atoms with Gasteiger partial charge in [-0.15, -0.1) is 0 Å². The van der Waals surface area contributed by atoms with Crippen molar-refractivity contribution < 1.29 is 9.84 Å². The third-order valence-corrected chi connectivity index (χ3v) is 3.47. The molecule has 0 atom stereocenters. The van der Waals surface area contributed by atoms with Crippen LogP contribution in [-0.4, -0.2) is 73.5 Å². The first-order valence-corrected chi connectivity index (χ1v) is 6.55. The molecule has 0 aromatic heterocycles. The van der Waals surface area contributed by atoms with Crippen LogP contribution in [0.4, 0.5) is 0 Å². The van der Waals surface area contributed by atoms with E-state index in [1.54, 1.807) is 0 Å². The Morgan fingerprint density at radius 2 is 1.94 bits per heavy atom. The Balaban J connectivity index is 1.57. The van der Waals surface area contributed by atoms with Gasteiger partial charge >= 0.3 is 0 Å².